The minimum absolute atomic E-state index is 0.227. The van der Waals surface area contributed by atoms with Gasteiger partial charge in [-0.2, -0.15) is 0 Å². The lowest BCUT2D eigenvalue weighted by Gasteiger charge is -2.12. The van der Waals surface area contributed by atoms with Gasteiger partial charge in [-0.15, -0.1) is 0 Å². The van der Waals surface area contributed by atoms with Gasteiger partial charge in [-0.1, -0.05) is 35.5 Å². The van der Waals surface area contributed by atoms with Crippen LogP contribution in [0.25, 0.3) is 0 Å². The Hall–Kier alpha value is -2.14. The number of carbonyl (C=O) groups is 1. The maximum absolute atomic E-state index is 11.9. The minimum atomic E-state index is -0.243. The van der Waals surface area contributed by atoms with E-state index in [1.807, 2.05) is 30.3 Å². The fourth-order valence-corrected chi connectivity index (χ4v) is 2.07. The normalized spacial score (nSPS) is 15.8. The number of benzene rings is 1. The van der Waals surface area contributed by atoms with Crippen LogP contribution >= 0.6 is 0 Å². The number of hydrogen-bond donors (Lipinski definition) is 2. The predicted octanol–water partition coefficient (Wildman–Crippen LogP) is 1.98. The minimum Gasteiger partial charge on any atom is -0.360 e. The van der Waals surface area contributed by atoms with Crippen LogP contribution in [0.3, 0.4) is 0 Å². The van der Waals surface area contributed by atoms with Crippen molar-refractivity contribution in [3.05, 3.63) is 53.4 Å². The average molecular weight is 271 g/mol. The summed E-state index contributed by atoms with van der Waals surface area (Å²) in [5.41, 5.74) is 7.34. The highest BCUT2D eigenvalue weighted by atomic mass is 16.5. The lowest BCUT2D eigenvalue weighted by molar-refractivity contribution is 0.0942. The summed E-state index contributed by atoms with van der Waals surface area (Å²) in [5.74, 6) is 1.02. The van der Waals surface area contributed by atoms with Gasteiger partial charge in [-0.25, -0.2) is 0 Å². The van der Waals surface area contributed by atoms with Crippen LogP contribution in [0.5, 0.6) is 0 Å². The first-order valence-corrected chi connectivity index (χ1v) is 6.79. The van der Waals surface area contributed by atoms with E-state index in [0.717, 1.165) is 24.2 Å². The molecule has 1 aliphatic carbocycles. The molecule has 1 fully saturated rings. The van der Waals surface area contributed by atoms with Crippen molar-refractivity contribution in [3.8, 4) is 0 Å². The summed E-state index contributed by atoms with van der Waals surface area (Å²) in [6.45, 7) is 0.370. The Labute approximate surface area is 117 Å². The molecule has 1 amide bonds. The number of nitrogens with zero attached hydrogens (tertiary/aromatic N) is 1. The highest BCUT2D eigenvalue weighted by molar-refractivity contribution is 5.92. The van der Waals surface area contributed by atoms with Crippen molar-refractivity contribution >= 4 is 5.91 Å². The lowest BCUT2D eigenvalue weighted by Crippen LogP contribution is -2.32. The van der Waals surface area contributed by atoms with E-state index in [1.54, 1.807) is 6.07 Å². The maximum Gasteiger partial charge on any atom is 0.273 e. The fourth-order valence-electron chi connectivity index (χ4n) is 2.07. The number of rotatable bonds is 5. The average Bonchev–Trinajstić information content (AvgIpc) is 3.22. The Morgan fingerprint density at radius 1 is 1.40 bits per heavy atom. The second-order valence-corrected chi connectivity index (χ2v) is 5.12. The number of carbonyl (C=O) groups excluding carboxylic acids is 1. The Balaban J connectivity index is 1.55. The molecule has 3 rings (SSSR count). The van der Waals surface area contributed by atoms with Gasteiger partial charge in [0.1, 0.15) is 5.76 Å². The molecule has 1 saturated carbocycles. The summed E-state index contributed by atoms with van der Waals surface area (Å²) in [6, 6.07) is 11.2. The van der Waals surface area contributed by atoms with E-state index in [1.165, 1.54) is 0 Å². The van der Waals surface area contributed by atoms with Crippen molar-refractivity contribution in [1.29, 1.82) is 0 Å². The molecule has 1 heterocycles. The van der Waals surface area contributed by atoms with Gasteiger partial charge in [0.25, 0.3) is 5.91 Å². The molecule has 20 heavy (non-hydrogen) atoms. The van der Waals surface area contributed by atoms with Crippen molar-refractivity contribution in [2.75, 3.05) is 6.54 Å². The number of amides is 1. The Bertz CT molecular complexity index is 590. The van der Waals surface area contributed by atoms with Crippen LogP contribution in [0.4, 0.5) is 0 Å². The van der Waals surface area contributed by atoms with Gasteiger partial charge in [-0.05, 0) is 18.4 Å². The molecule has 5 heteroatoms. The molecule has 0 spiro atoms. The van der Waals surface area contributed by atoms with Crippen molar-refractivity contribution < 1.29 is 9.32 Å². The molecule has 5 nitrogen and oxygen atoms in total. The van der Waals surface area contributed by atoms with E-state index in [-0.39, 0.29) is 11.9 Å². The zero-order valence-electron chi connectivity index (χ0n) is 11.1. The van der Waals surface area contributed by atoms with E-state index in [0.29, 0.717) is 18.2 Å². The Kier molecular flexibility index (Phi) is 3.52. The molecular weight excluding hydrogens is 254 g/mol. The van der Waals surface area contributed by atoms with Gasteiger partial charge < -0.3 is 15.6 Å². The highest BCUT2D eigenvalue weighted by Crippen LogP contribution is 2.40. The van der Waals surface area contributed by atoms with Crippen molar-refractivity contribution in [3.63, 3.8) is 0 Å². The van der Waals surface area contributed by atoms with E-state index in [9.17, 15) is 4.79 Å². The summed E-state index contributed by atoms with van der Waals surface area (Å²) in [7, 11) is 0. The molecular formula is C15H17N3O2. The van der Waals surface area contributed by atoms with Crippen LogP contribution in [0.1, 0.15) is 46.6 Å². The maximum atomic E-state index is 11.9. The zero-order chi connectivity index (χ0) is 13.9. The van der Waals surface area contributed by atoms with E-state index < -0.39 is 0 Å². The Morgan fingerprint density at radius 2 is 2.15 bits per heavy atom. The molecule has 1 aromatic carbocycles. The predicted molar refractivity (Wildman–Crippen MR) is 74.2 cm³/mol. The molecule has 1 unspecified atom stereocenters. The zero-order valence-corrected chi connectivity index (χ0v) is 11.1. The van der Waals surface area contributed by atoms with Crippen LogP contribution in [-0.2, 0) is 0 Å². The third-order valence-corrected chi connectivity index (χ3v) is 3.45. The molecule has 3 N–H and O–H groups in total. The lowest BCUT2D eigenvalue weighted by atomic mass is 10.1. The van der Waals surface area contributed by atoms with Gasteiger partial charge >= 0.3 is 0 Å². The summed E-state index contributed by atoms with van der Waals surface area (Å²) in [6.07, 6.45) is 2.24. The molecule has 1 atom stereocenters. The second kappa shape index (κ2) is 5.46. The van der Waals surface area contributed by atoms with Crippen molar-refractivity contribution in [1.82, 2.24) is 10.5 Å². The molecule has 2 aromatic rings. The first kappa shape index (κ1) is 12.9. The van der Waals surface area contributed by atoms with Gasteiger partial charge in [0.15, 0.2) is 5.69 Å². The van der Waals surface area contributed by atoms with E-state index >= 15 is 0 Å². The second-order valence-electron chi connectivity index (χ2n) is 5.12. The Morgan fingerprint density at radius 3 is 2.85 bits per heavy atom. The van der Waals surface area contributed by atoms with Gasteiger partial charge in [0, 0.05) is 24.6 Å². The van der Waals surface area contributed by atoms with Gasteiger partial charge in [0.05, 0.1) is 0 Å². The van der Waals surface area contributed by atoms with Crippen molar-refractivity contribution in [2.24, 2.45) is 5.73 Å². The molecule has 0 radical (unpaired) electrons. The van der Waals surface area contributed by atoms with Crippen LogP contribution in [-0.4, -0.2) is 17.6 Å². The fraction of sp³-hybridized carbons (Fsp3) is 0.333. The molecule has 0 saturated heterocycles. The van der Waals surface area contributed by atoms with Gasteiger partial charge in [-0.3, -0.25) is 4.79 Å². The quantitative estimate of drug-likeness (QED) is 0.871. The smallest absolute Gasteiger partial charge is 0.273 e. The third kappa shape index (κ3) is 2.88. The van der Waals surface area contributed by atoms with Crippen LogP contribution < -0.4 is 11.1 Å². The monoisotopic (exact) mass is 271 g/mol. The molecule has 0 aliphatic heterocycles. The standard InChI is InChI=1S/C15H17N3O2/c16-12(10-4-2-1-3-5-10)9-17-15(19)13-8-14(20-18-13)11-6-7-11/h1-5,8,11-12H,6-7,9,16H2,(H,17,19). The first-order valence-electron chi connectivity index (χ1n) is 6.79. The molecule has 104 valence electrons. The SMILES string of the molecule is NC(CNC(=O)c1cc(C2CC2)on1)c1ccccc1. The third-order valence-electron chi connectivity index (χ3n) is 3.45. The van der Waals surface area contributed by atoms with E-state index in [4.69, 9.17) is 10.3 Å². The number of aromatic nitrogens is 1. The molecule has 0 bridgehead atoms. The summed E-state index contributed by atoms with van der Waals surface area (Å²) < 4.78 is 5.16. The topological polar surface area (TPSA) is 81.1 Å². The first-order chi connectivity index (χ1) is 9.74. The van der Waals surface area contributed by atoms with Crippen LogP contribution in [0.2, 0.25) is 0 Å². The molecule has 1 aliphatic rings. The largest absolute Gasteiger partial charge is 0.360 e. The summed E-state index contributed by atoms with van der Waals surface area (Å²) in [4.78, 5) is 11.9. The summed E-state index contributed by atoms with van der Waals surface area (Å²) in [5, 5.41) is 6.58. The van der Waals surface area contributed by atoms with Crippen molar-refractivity contribution in [2.45, 2.75) is 24.8 Å². The van der Waals surface area contributed by atoms with Crippen LogP contribution in [0.15, 0.2) is 40.9 Å². The number of hydrogen-bond acceptors (Lipinski definition) is 4. The van der Waals surface area contributed by atoms with E-state index in [2.05, 4.69) is 10.5 Å². The van der Waals surface area contributed by atoms with Crippen LogP contribution in [0, 0.1) is 0 Å². The summed E-state index contributed by atoms with van der Waals surface area (Å²) >= 11 is 0. The van der Waals surface area contributed by atoms with Gasteiger partial charge in [0.2, 0.25) is 0 Å². The molecule has 1 aromatic heterocycles. The number of nitrogens with one attached hydrogen (secondary N) is 1. The highest BCUT2D eigenvalue weighted by Gasteiger charge is 2.28. The number of nitrogens with two attached hydrogens (primary N) is 1.